The van der Waals surface area contributed by atoms with Crippen LogP contribution in [0.5, 0.6) is 0 Å². The molecule has 18 heavy (non-hydrogen) atoms. The van der Waals surface area contributed by atoms with Crippen molar-refractivity contribution in [3.63, 3.8) is 0 Å². The highest BCUT2D eigenvalue weighted by Crippen LogP contribution is 2.25. The first-order chi connectivity index (χ1) is 8.43. The summed E-state index contributed by atoms with van der Waals surface area (Å²) in [6.45, 7) is 4.68. The van der Waals surface area contributed by atoms with E-state index in [2.05, 4.69) is 17.6 Å². The van der Waals surface area contributed by atoms with E-state index in [-0.39, 0.29) is 11.8 Å². The quantitative estimate of drug-likeness (QED) is 0.752. The van der Waals surface area contributed by atoms with Crippen LogP contribution in [-0.4, -0.2) is 48.9 Å². The minimum absolute atomic E-state index is 0.0375. The molecule has 0 bridgehead atoms. The standard InChI is InChI=1S/C13H25N3O2/c1-5-7-13(8-6-9-14-13)12(18)15-10(2)11(17)16(3)4/h10,14H,5-9H2,1-4H3,(H,15,18). The van der Waals surface area contributed by atoms with Crippen molar-refractivity contribution >= 4 is 11.8 Å². The van der Waals surface area contributed by atoms with Crippen LogP contribution in [0.15, 0.2) is 0 Å². The highest BCUT2D eigenvalue weighted by molar-refractivity contribution is 5.92. The molecular formula is C13H25N3O2. The molecule has 0 aliphatic carbocycles. The van der Waals surface area contributed by atoms with Crippen molar-refractivity contribution in [3.05, 3.63) is 0 Å². The van der Waals surface area contributed by atoms with Gasteiger partial charge < -0.3 is 15.5 Å². The summed E-state index contributed by atoms with van der Waals surface area (Å²) in [6.07, 6.45) is 3.65. The smallest absolute Gasteiger partial charge is 0.244 e. The average molecular weight is 255 g/mol. The first kappa shape index (κ1) is 15.0. The van der Waals surface area contributed by atoms with Crippen LogP contribution in [0.1, 0.15) is 39.5 Å². The van der Waals surface area contributed by atoms with Crippen LogP contribution in [0.3, 0.4) is 0 Å². The number of carbonyl (C=O) groups is 2. The number of hydrogen-bond acceptors (Lipinski definition) is 3. The Hall–Kier alpha value is -1.10. The van der Waals surface area contributed by atoms with Crippen LogP contribution < -0.4 is 10.6 Å². The lowest BCUT2D eigenvalue weighted by Crippen LogP contribution is -2.57. The molecule has 0 aromatic heterocycles. The van der Waals surface area contributed by atoms with E-state index in [1.807, 2.05) is 0 Å². The van der Waals surface area contributed by atoms with Crippen molar-refractivity contribution in [1.82, 2.24) is 15.5 Å². The maximum Gasteiger partial charge on any atom is 0.244 e. The number of amides is 2. The summed E-state index contributed by atoms with van der Waals surface area (Å²) in [7, 11) is 3.39. The molecule has 0 aromatic rings. The molecule has 0 aromatic carbocycles. The molecular weight excluding hydrogens is 230 g/mol. The predicted molar refractivity (Wildman–Crippen MR) is 71.2 cm³/mol. The number of rotatable bonds is 5. The molecule has 0 spiro atoms. The molecule has 1 aliphatic heterocycles. The molecule has 2 atom stereocenters. The summed E-state index contributed by atoms with van der Waals surface area (Å²) in [6, 6.07) is -0.469. The van der Waals surface area contributed by atoms with Crippen LogP contribution >= 0.6 is 0 Å². The first-order valence-electron chi connectivity index (χ1n) is 6.70. The van der Waals surface area contributed by atoms with Gasteiger partial charge in [0, 0.05) is 14.1 Å². The first-order valence-corrected chi connectivity index (χ1v) is 6.70. The maximum absolute atomic E-state index is 12.4. The zero-order valence-corrected chi connectivity index (χ0v) is 11.9. The summed E-state index contributed by atoms with van der Waals surface area (Å²) in [5, 5.41) is 6.14. The molecule has 1 saturated heterocycles. The van der Waals surface area contributed by atoms with Crippen molar-refractivity contribution in [2.45, 2.75) is 51.1 Å². The van der Waals surface area contributed by atoms with Crippen molar-refractivity contribution in [2.75, 3.05) is 20.6 Å². The topological polar surface area (TPSA) is 61.4 Å². The van der Waals surface area contributed by atoms with Gasteiger partial charge in [-0.25, -0.2) is 0 Å². The Balaban J connectivity index is 2.65. The van der Waals surface area contributed by atoms with Crippen molar-refractivity contribution in [1.29, 1.82) is 0 Å². The Morgan fingerprint density at radius 1 is 1.44 bits per heavy atom. The molecule has 1 rings (SSSR count). The van der Waals surface area contributed by atoms with Crippen LogP contribution in [0, 0.1) is 0 Å². The summed E-state index contributed by atoms with van der Waals surface area (Å²) in [5.41, 5.74) is -0.463. The normalized spacial score (nSPS) is 24.7. The molecule has 104 valence electrons. The second-order valence-electron chi connectivity index (χ2n) is 5.29. The molecule has 2 amide bonds. The van der Waals surface area contributed by atoms with Crippen LogP contribution in [0.25, 0.3) is 0 Å². The van der Waals surface area contributed by atoms with E-state index in [1.165, 1.54) is 4.90 Å². The molecule has 5 nitrogen and oxygen atoms in total. The molecule has 1 aliphatic rings. The fraction of sp³-hybridized carbons (Fsp3) is 0.846. The Morgan fingerprint density at radius 2 is 2.11 bits per heavy atom. The third-order valence-corrected chi connectivity index (χ3v) is 3.51. The van der Waals surface area contributed by atoms with Gasteiger partial charge in [-0.05, 0) is 32.7 Å². The van der Waals surface area contributed by atoms with Gasteiger partial charge in [-0.15, -0.1) is 0 Å². The van der Waals surface area contributed by atoms with Gasteiger partial charge >= 0.3 is 0 Å². The number of likely N-dealkylation sites (N-methyl/N-ethyl adjacent to an activating group) is 1. The zero-order valence-electron chi connectivity index (χ0n) is 11.9. The lowest BCUT2D eigenvalue weighted by atomic mass is 9.90. The highest BCUT2D eigenvalue weighted by atomic mass is 16.2. The lowest BCUT2D eigenvalue weighted by molar-refractivity contribution is -0.136. The van der Waals surface area contributed by atoms with Gasteiger partial charge in [-0.3, -0.25) is 9.59 Å². The van der Waals surface area contributed by atoms with E-state index >= 15 is 0 Å². The monoisotopic (exact) mass is 255 g/mol. The fourth-order valence-electron chi connectivity index (χ4n) is 2.54. The molecule has 2 unspecified atom stereocenters. The van der Waals surface area contributed by atoms with E-state index in [0.29, 0.717) is 0 Å². The number of nitrogens with zero attached hydrogens (tertiary/aromatic N) is 1. The highest BCUT2D eigenvalue weighted by Gasteiger charge is 2.40. The molecule has 2 N–H and O–H groups in total. The summed E-state index contributed by atoms with van der Waals surface area (Å²) in [5.74, 6) is -0.113. The van der Waals surface area contributed by atoms with E-state index in [4.69, 9.17) is 0 Å². The third kappa shape index (κ3) is 3.22. The van der Waals surface area contributed by atoms with Crippen molar-refractivity contribution < 1.29 is 9.59 Å². The minimum Gasteiger partial charge on any atom is -0.347 e. The van der Waals surface area contributed by atoms with Gasteiger partial charge in [0.25, 0.3) is 0 Å². The largest absolute Gasteiger partial charge is 0.347 e. The molecule has 0 radical (unpaired) electrons. The Kier molecular flexibility index (Phi) is 5.14. The van der Waals surface area contributed by atoms with E-state index in [0.717, 1.165) is 32.2 Å². The maximum atomic E-state index is 12.4. The summed E-state index contributed by atoms with van der Waals surface area (Å²) < 4.78 is 0. The van der Waals surface area contributed by atoms with Gasteiger partial charge in [0.1, 0.15) is 6.04 Å². The van der Waals surface area contributed by atoms with Crippen LogP contribution in [0.4, 0.5) is 0 Å². The third-order valence-electron chi connectivity index (χ3n) is 3.51. The van der Waals surface area contributed by atoms with Crippen molar-refractivity contribution in [2.24, 2.45) is 0 Å². The molecule has 5 heteroatoms. The second-order valence-corrected chi connectivity index (χ2v) is 5.29. The minimum atomic E-state index is -0.469. The molecule has 0 saturated carbocycles. The van der Waals surface area contributed by atoms with Gasteiger partial charge in [-0.1, -0.05) is 13.3 Å². The average Bonchev–Trinajstić information content (AvgIpc) is 2.78. The summed E-state index contributed by atoms with van der Waals surface area (Å²) >= 11 is 0. The number of carbonyl (C=O) groups excluding carboxylic acids is 2. The van der Waals surface area contributed by atoms with Crippen molar-refractivity contribution in [3.8, 4) is 0 Å². The van der Waals surface area contributed by atoms with Crippen LogP contribution in [-0.2, 0) is 9.59 Å². The summed E-state index contributed by atoms with van der Waals surface area (Å²) in [4.78, 5) is 25.6. The molecule has 1 fully saturated rings. The SMILES string of the molecule is CCCC1(C(=O)NC(C)C(=O)N(C)C)CCCN1. The van der Waals surface area contributed by atoms with Gasteiger partial charge in [-0.2, -0.15) is 0 Å². The zero-order chi connectivity index (χ0) is 13.8. The molecule has 1 heterocycles. The Bertz CT molecular complexity index is 309. The number of nitrogens with one attached hydrogen (secondary N) is 2. The fourth-order valence-corrected chi connectivity index (χ4v) is 2.54. The Morgan fingerprint density at radius 3 is 2.56 bits per heavy atom. The van der Waals surface area contributed by atoms with Crippen LogP contribution in [0.2, 0.25) is 0 Å². The van der Waals surface area contributed by atoms with Gasteiger partial charge in [0.15, 0.2) is 0 Å². The number of hydrogen-bond donors (Lipinski definition) is 2. The second kappa shape index (κ2) is 6.18. The van der Waals surface area contributed by atoms with Gasteiger partial charge in [0.05, 0.1) is 5.54 Å². The lowest BCUT2D eigenvalue weighted by Gasteiger charge is -2.30. The Labute approximate surface area is 109 Å². The van der Waals surface area contributed by atoms with Gasteiger partial charge in [0.2, 0.25) is 11.8 Å². The predicted octanol–water partition coefficient (Wildman–Crippen LogP) is 0.502. The van der Waals surface area contributed by atoms with E-state index < -0.39 is 11.6 Å². The van der Waals surface area contributed by atoms with E-state index in [9.17, 15) is 9.59 Å². The van der Waals surface area contributed by atoms with E-state index in [1.54, 1.807) is 21.0 Å².